The van der Waals surface area contributed by atoms with Crippen LogP contribution in [0.5, 0.6) is 11.8 Å². The number of benzene rings is 3. The first-order chi connectivity index (χ1) is 23.9. The van der Waals surface area contributed by atoms with E-state index in [2.05, 4.69) is 26.3 Å². The zero-order valence-corrected chi connectivity index (χ0v) is 27.9. The smallest absolute Gasteiger partial charge is 0.315 e. The van der Waals surface area contributed by atoms with Gasteiger partial charge in [-0.3, -0.25) is 10.1 Å². The summed E-state index contributed by atoms with van der Waals surface area (Å²) in [5.74, 6) is 1.33. The maximum atomic E-state index is 12.6. The van der Waals surface area contributed by atoms with E-state index in [1.165, 1.54) is 18.4 Å². The van der Waals surface area contributed by atoms with Crippen molar-refractivity contribution in [3.8, 4) is 11.8 Å². The third-order valence-corrected chi connectivity index (χ3v) is 9.89. The topological polar surface area (TPSA) is 103 Å². The van der Waals surface area contributed by atoms with Crippen LogP contribution in [0, 0.1) is 21.4 Å². The molecule has 250 valence electrons. The van der Waals surface area contributed by atoms with Gasteiger partial charge in [0, 0.05) is 25.4 Å². The molecule has 10 heteroatoms. The molecule has 1 aliphatic carbocycles. The lowest BCUT2D eigenvalue weighted by Gasteiger charge is -2.52. The van der Waals surface area contributed by atoms with Crippen LogP contribution in [0.2, 0.25) is 5.15 Å². The Morgan fingerprint density at radius 2 is 1.51 bits per heavy atom. The van der Waals surface area contributed by atoms with Crippen LogP contribution in [0.1, 0.15) is 42.4 Å². The highest BCUT2D eigenvalue weighted by molar-refractivity contribution is 6.29. The molecule has 49 heavy (non-hydrogen) atoms. The number of anilines is 3. The average molecular weight is 676 g/mol. The maximum absolute atomic E-state index is 12.6. The molecular weight excluding hydrogens is 638 g/mol. The van der Waals surface area contributed by atoms with E-state index in [9.17, 15) is 10.1 Å². The molecule has 1 saturated carbocycles. The van der Waals surface area contributed by atoms with Gasteiger partial charge in [0.2, 0.25) is 11.8 Å². The van der Waals surface area contributed by atoms with Gasteiger partial charge in [0.1, 0.15) is 35.4 Å². The first-order valence-corrected chi connectivity index (χ1v) is 17.1. The molecule has 1 spiro atoms. The Labute approximate surface area is 291 Å². The van der Waals surface area contributed by atoms with Crippen molar-refractivity contribution in [2.45, 2.75) is 45.3 Å². The Kier molecular flexibility index (Phi) is 9.61. The second-order valence-electron chi connectivity index (χ2n) is 13.1. The Balaban J connectivity index is 1.06. The van der Waals surface area contributed by atoms with Crippen LogP contribution in [0.25, 0.3) is 0 Å². The van der Waals surface area contributed by atoms with Gasteiger partial charge < -0.3 is 19.7 Å². The van der Waals surface area contributed by atoms with Crippen LogP contribution < -0.4 is 19.7 Å². The van der Waals surface area contributed by atoms with Gasteiger partial charge in [-0.05, 0) is 84.4 Å². The van der Waals surface area contributed by atoms with Crippen LogP contribution in [0.3, 0.4) is 0 Å². The SMILES string of the molecule is O=[N+]([O-])c1c(Nc2ccc(OCc3ccccc3)nc2OCc2ccccc2)cccc1N1CCC2(CC1)CC(Cc1ccc(Cl)nc1)C2. The van der Waals surface area contributed by atoms with Gasteiger partial charge in [-0.1, -0.05) is 84.4 Å². The summed E-state index contributed by atoms with van der Waals surface area (Å²) in [5, 5.41) is 16.4. The minimum absolute atomic E-state index is 0.0404. The molecule has 1 aliphatic heterocycles. The van der Waals surface area contributed by atoms with E-state index in [4.69, 9.17) is 21.1 Å². The minimum atomic E-state index is -0.295. The number of para-hydroxylation sites is 1. The van der Waals surface area contributed by atoms with Crippen molar-refractivity contribution >= 4 is 34.4 Å². The van der Waals surface area contributed by atoms with Gasteiger partial charge in [-0.2, -0.15) is 4.98 Å². The van der Waals surface area contributed by atoms with Crippen molar-refractivity contribution in [2.75, 3.05) is 23.3 Å². The molecule has 3 aromatic carbocycles. The van der Waals surface area contributed by atoms with Crippen molar-refractivity contribution in [2.24, 2.45) is 11.3 Å². The van der Waals surface area contributed by atoms with E-state index in [-0.39, 0.29) is 17.2 Å². The third-order valence-electron chi connectivity index (χ3n) is 9.67. The molecule has 0 atom stereocenters. The molecular formula is C39H38ClN5O4. The molecule has 0 bridgehead atoms. The second-order valence-corrected chi connectivity index (χ2v) is 13.4. The van der Waals surface area contributed by atoms with Crippen molar-refractivity contribution in [1.82, 2.24) is 9.97 Å². The van der Waals surface area contributed by atoms with Gasteiger partial charge in [-0.25, -0.2) is 4.98 Å². The lowest BCUT2D eigenvalue weighted by molar-refractivity contribution is -0.383. The van der Waals surface area contributed by atoms with Crippen molar-refractivity contribution in [3.05, 3.63) is 141 Å². The van der Waals surface area contributed by atoms with Crippen LogP contribution >= 0.6 is 11.6 Å². The summed E-state index contributed by atoms with van der Waals surface area (Å²) >= 11 is 5.96. The molecule has 7 rings (SSSR count). The van der Waals surface area contributed by atoms with E-state index < -0.39 is 0 Å². The Hall–Kier alpha value is -5.15. The van der Waals surface area contributed by atoms with Crippen LogP contribution in [-0.4, -0.2) is 28.0 Å². The van der Waals surface area contributed by atoms with E-state index in [0.29, 0.717) is 51.9 Å². The molecule has 9 nitrogen and oxygen atoms in total. The fourth-order valence-corrected chi connectivity index (χ4v) is 7.30. The summed E-state index contributed by atoms with van der Waals surface area (Å²) in [7, 11) is 0. The van der Waals surface area contributed by atoms with E-state index >= 15 is 0 Å². The normalized spacial score (nSPS) is 15.4. The van der Waals surface area contributed by atoms with Gasteiger partial charge in [0.15, 0.2) is 0 Å². The quantitative estimate of drug-likeness (QED) is 0.0793. The molecule has 2 aliphatic rings. The molecule has 3 heterocycles. The number of halogens is 1. The molecule has 1 N–H and O–H groups in total. The number of nitro groups is 1. The minimum Gasteiger partial charge on any atom is -0.473 e. The second kappa shape index (κ2) is 14.5. The monoisotopic (exact) mass is 675 g/mol. The Morgan fingerprint density at radius 1 is 0.816 bits per heavy atom. The van der Waals surface area contributed by atoms with E-state index in [1.54, 1.807) is 18.2 Å². The first kappa shape index (κ1) is 32.4. The predicted molar refractivity (Wildman–Crippen MR) is 192 cm³/mol. The highest BCUT2D eigenvalue weighted by atomic mass is 35.5. The molecule has 2 fully saturated rings. The first-order valence-electron chi connectivity index (χ1n) is 16.7. The highest BCUT2D eigenvalue weighted by Gasteiger charge is 2.46. The van der Waals surface area contributed by atoms with E-state index in [0.717, 1.165) is 43.5 Å². The van der Waals surface area contributed by atoms with Gasteiger partial charge in [-0.15, -0.1) is 0 Å². The average Bonchev–Trinajstić information content (AvgIpc) is 3.12. The standard InChI is InChI=1S/C39H38ClN5O4/c40-35-16-14-30(25-41-35)22-31-23-39(24-31)18-20-44(21-19-39)34-13-7-12-32(37(34)45(46)47)42-33-15-17-36(48-26-28-8-3-1-4-9-28)43-38(33)49-27-29-10-5-2-6-11-29/h1-17,25,31,42H,18-24,26-27H2. The zero-order chi connectivity index (χ0) is 33.6. The molecule has 0 amide bonds. The number of nitrogens with zero attached hydrogens (tertiary/aromatic N) is 4. The number of pyridine rings is 2. The lowest BCUT2D eigenvalue weighted by Crippen LogP contribution is -2.47. The summed E-state index contributed by atoms with van der Waals surface area (Å²) < 4.78 is 12.2. The number of piperidine rings is 1. The van der Waals surface area contributed by atoms with Crippen molar-refractivity contribution in [1.29, 1.82) is 0 Å². The predicted octanol–water partition coefficient (Wildman–Crippen LogP) is 9.18. The largest absolute Gasteiger partial charge is 0.473 e. The number of rotatable bonds is 12. The Morgan fingerprint density at radius 3 is 2.16 bits per heavy atom. The fourth-order valence-electron chi connectivity index (χ4n) is 7.19. The summed E-state index contributed by atoms with van der Waals surface area (Å²) in [6, 6.07) is 32.5. The van der Waals surface area contributed by atoms with Gasteiger partial charge in [0.25, 0.3) is 0 Å². The maximum Gasteiger partial charge on any atom is 0.315 e. The number of nitro benzene ring substituents is 1. The molecule has 2 aromatic heterocycles. The van der Waals surface area contributed by atoms with Crippen LogP contribution in [0.4, 0.5) is 22.7 Å². The van der Waals surface area contributed by atoms with Gasteiger partial charge >= 0.3 is 5.69 Å². The number of nitrogens with one attached hydrogen (secondary N) is 1. The summed E-state index contributed by atoms with van der Waals surface area (Å²) in [5.41, 5.74) is 5.08. The Bertz CT molecular complexity index is 1880. The molecule has 1 saturated heterocycles. The van der Waals surface area contributed by atoms with Crippen molar-refractivity contribution in [3.63, 3.8) is 0 Å². The van der Waals surface area contributed by atoms with E-state index in [1.807, 2.05) is 85.1 Å². The fraction of sp³-hybridized carbons (Fsp3) is 0.282. The van der Waals surface area contributed by atoms with Crippen molar-refractivity contribution < 1.29 is 14.4 Å². The number of hydrogen-bond donors (Lipinski definition) is 1. The molecule has 0 unspecified atom stereocenters. The summed E-state index contributed by atoms with van der Waals surface area (Å²) in [6.07, 6.45) is 7.28. The van der Waals surface area contributed by atoms with Crippen LogP contribution in [0.15, 0.2) is 109 Å². The number of aromatic nitrogens is 2. The third kappa shape index (κ3) is 7.78. The van der Waals surface area contributed by atoms with Gasteiger partial charge in [0.05, 0.1) is 4.92 Å². The number of ether oxygens (including phenoxy) is 2. The highest BCUT2D eigenvalue weighted by Crippen LogP contribution is 2.54. The zero-order valence-electron chi connectivity index (χ0n) is 27.1. The summed E-state index contributed by atoms with van der Waals surface area (Å²) in [6.45, 7) is 2.18. The lowest BCUT2D eigenvalue weighted by atomic mass is 9.56. The van der Waals surface area contributed by atoms with Crippen LogP contribution in [-0.2, 0) is 19.6 Å². The molecule has 0 radical (unpaired) electrons. The molecule has 5 aromatic rings. The number of hydrogen-bond acceptors (Lipinski definition) is 8. The summed E-state index contributed by atoms with van der Waals surface area (Å²) in [4.78, 5) is 23.4.